The van der Waals surface area contributed by atoms with E-state index in [0.29, 0.717) is 12.5 Å². The molecule has 6 heteroatoms. The fourth-order valence-electron chi connectivity index (χ4n) is 1.56. The van der Waals surface area contributed by atoms with Crippen molar-refractivity contribution >= 4 is 17.3 Å². The highest BCUT2D eigenvalue weighted by Crippen LogP contribution is 2.26. The van der Waals surface area contributed by atoms with E-state index in [2.05, 4.69) is 5.32 Å². The molecule has 0 radical (unpaired) electrons. The van der Waals surface area contributed by atoms with Gasteiger partial charge in [-0.3, -0.25) is 10.1 Å². The van der Waals surface area contributed by atoms with Gasteiger partial charge in [-0.25, -0.2) is 4.79 Å². The van der Waals surface area contributed by atoms with Gasteiger partial charge in [0, 0.05) is 12.6 Å². The normalized spacial score (nSPS) is 10.4. The van der Waals surface area contributed by atoms with Crippen LogP contribution in [-0.2, 0) is 0 Å². The van der Waals surface area contributed by atoms with E-state index in [1.54, 1.807) is 0 Å². The van der Waals surface area contributed by atoms with Crippen LogP contribution in [0.15, 0.2) is 18.2 Å². The van der Waals surface area contributed by atoms with Gasteiger partial charge in [0.05, 0.1) is 10.6 Å². The molecule has 0 aliphatic heterocycles. The monoisotopic (exact) mass is 252 g/mol. The molecule has 18 heavy (non-hydrogen) atoms. The molecule has 0 fully saturated rings. The van der Waals surface area contributed by atoms with E-state index in [1.807, 2.05) is 13.8 Å². The van der Waals surface area contributed by atoms with Gasteiger partial charge in [0.15, 0.2) is 5.56 Å². The summed E-state index contributed by atoms with van der Waals surface area (Å²) in [7, 11) is 0. The molecule has 98 valence electrons. The number of hydrogen-bond acceptors (Lipinski definition) is 4. The molecule has 0 unspecified atom stereocenters. The zero-order valence-corrected chi connectivity index (χ0v) is 10.3. The molecular weight excluding hydrogens is 236 g/mol. The molecule has 0 aliphatic rings. The van der Waals surface area contributed by atoms with Crippen LogP contribution >= 0.6 is 0 Å². The number of aromatic carboxylic acids is 1. The number of hydrogen-bond donors (Lipinski definition) is 2. The van der Waals surface area contributed by atoms with Crippen molar-refractivity contribution in [3.8, 4) is 0 Å². The Bertz CT molecular complexity index is 457. The van der Waals surface area contributed by atoms with Gasteiger partial charge < -0.3 is 10.4 Å². The molecule has 1 aromatic rings. The number of nitrogens with zero attached hydrogens (tertiary/aromatic N) is 1. The summed E-state index contributed by atoms with van der Waals surface area (Å²) in [5.41, 5.74) is -0.388. The summed E-state index contributed by atoms with van der Waals surface area (Å²) in [6.45, 7) is 4.68. The van der Waals surface area contributed by atoms with Crippen LogP contribution in [0.1, 0.15) is 30.6 Å². The Morgan fingerprint density at radius 3 is 2.67 bits per heavy atom. The Kier molecular flexibility index (Phi) is 4.65. The maximum atomic E-state index is 11.1. The first-order chi connectivity index (χ1) is 8.43. The molecule has 0 aliphatic carbocycles. The highest BCUT2D eigenvalue weighted by Gasteiger charge is 2.23. The summed E-state index contributed by atoms with van der Waals surface area (Å²) in [5.74, 6) is -0.821. The first-order valence-corrected chi connectivity index (χ1v) is 5.68. The lowest BCUT2D eigenvalue weighted by Gasteiger charge is -2.10. The first kappa shape index (κ1) is 14.0. The maximum absolute atomic E-state index is 11.1. The predicted molar refractivity (Wildman–Crippen MR) is 68.0 cm³/mol. The molecule has 0 heterocycles. The Morgan fingerprint density at radius 1 is 1.50 bits per heavy atom. The van der Waals surface area contributed by atoms with E-state index < -0.39 is 16.6 Å². The molecule has 0 spiro atoms. The van der Waals surface area contributed by atoms with Crippen LogP contribution in [0.4, 0.5) is 11.4 Å². The van der Waals surface area contributed by atoms with Gasteiger partial charge in [-0.1, -0.05) is 19.9 Å². The number of carbonyl (C=O) groups is 1. The van der Waals surface area contributed by atoms with Gasteiger partial charge in [-0.05, 0) is 18.4 Å². The Hall–Kier alpha value is -2.11. The SMILES string of the molecule is CC(C)CCNc1cccc([N+](=O)[O-])c1C(=O)O. The number of anilines is 1. The van der Waals surface area contributed by atoms with Crippen LogP contribution in [-0.4, -0.2) is 22.5 Å². The van der Waals surface area contributed by atoms with Crippen molar-refractivity contribution < 1.29 is 14.8 Å². The Labute approximate surface area is 105 Å². The summed E-state index contributed by atoms with van der Waals surface area (Å²) in [4.78, 5) is 21.2. The van der Waals surface area contributed by atoms with Crippen LogP contribution < -0.4 is 5.32 Å². The Morgan fingerprint density at radius 2 is 2.17 bits per heavy atom. The molecule has 0 bridgehead atoms. The topological polar surface area (TPSA) is 92.5 Å². The minimum Gasteiger partial charge on any atom is -0.477 e. The molecule has 6 nitrogen and oxygen atoms in total. The largest absolute Gasteiger partial charge is 0.477 e. The van der Waals surface area contributed by atoms with Crippen LogP contribution in [0, 0.1) is 16.0 Å². The number of nitrogens with one attached hydrogen (secondary N) is 1. The fourth-order valence-corrected chi connectivity index (χ4v) is 1.56. The smallest absolute Gasteiger partial charge is 0.344 e. The van der Waals surface area contributed by atoms with Gasteiger partial charge in [0.1, 0.15) is 0 Å². The lowest BCUT2D eigenvalue weighted by Crippen LogP contribution is -2.11. The Balaban J connectivity index is 3.00. The maximum Gasteiger partial charge on any atom is 0.344 e. The van der Waals surface area contributed by atoms with Crippen LogP contribution in [0.5, 0.6) is 0 Å². The molecule has 0 aromatic heterocycles. The van der Waals surface area contributed by atoms with Crippen molar-refractivity contribution in [2.75, 3.05) is 11.9 Å². The number of nitro benzene ring substituents is 1. The second-order valence-electron chi connectivity index (χ2n) is 4.37. The molecule has 0 amide bonds. The zero-order chi connectivity index (χ0) is 13.7. The van der Waals surface area contributed by atoms with Crippen molar-refractivity contribution in [3.05, 3.63) is 33.9 Å². The van der Waals surface area contributed by atoms with E-state index in [9.17, 15) is 14.9 Å². The predicted octanol–water partition coefficient (Wildman–Crippen LogP) is 2.75. The number of benzene rings is 1. The third-order valence-corrected chi connectivity index (χ3v) is 2.49. The second kappa shape index (κ2) is 6.00. The minimum absolute atomic E-state index is 0.286. The van der Waals surface area contributed by atoms with Gasteiger partial charge >= 0.3 is 5.97 Å². The highest BCUT2D eigenvalue weighted by molar-refractivity contribution is 5.98. The molecular formula is C12H16N2O4. The van der Waals surface area contributed by atoms with Crippen molar-refractivity contribution in [1.29, 1.82) is 0 Å². The average Bonchev–Trinajstić information content (AvgIpc) is 2.27. The summed E-state index contributed by atoms with van der Waals surface area (Å²) in [6, 6.07) is 4.20. The van der Waals surface area contributed by atoms with Crippen molar-refractivity contribution in [2.45, 2.75) is 20.3 Å². The van der Waals surface area contributed by atoms with Gasteiger partial charge in [0.2, 0.25) is 0 Å². The van der Waals surface area contributed by atoms with Gasteiger partial charge in [-0.15, -0.1) is 0 Å². The van der Waals surface area contributed by atoms with Crippen molar-refractivity contribution in [2.24, 2.45) is 5.92 Å². The number of rotatable bonds is 6. The summed E-state index contributed by atoms with van der Waals surface area (Å²) in [5, 5.41) is 22.8. The third kappa shape index (κ3) is 3.44. The molecule has 0 saturated carbocycles. The highest BCUT2D eigenvalue weighted by atomic mass is 16.6. The molecule has 0 atom stereocenters. The van der Waals surface area contributed by atoms with Crippen molar-refractivity contribution in [1.82, 2.24) is 0 Å². The van der Waals surface area contributed by atoms with E-state index in [-0.39, 0.29) is 11.3 Å². The van der Waals surface area contributed by atoms with Crippen LogP contribution in [0.25, 0.3) is 0 Å². The zero-order valence-electron chi connectivity index (χ0n) is 10.3. The standard InChI is InChI=1S/C12H16N2O4/c1-8(2)6-7-13-9-4-3-5-10(14(17)18)11(9)12(15)16/h3-5,8,13H,6-7H2,1-2H3,(H,15,16). The van der Waals surface area contributed by atoms with Crippen LogP contribution in [0.3, 0.4) is 0 Å². The quantitative estimate of drug-likeness (QED) is 0.599. The fraction of sp³-hybridized carbons (Fsp3) is 0.417. The molecule has 1 rings (SSSR count). The summed E-state index contributed by atoms with van der Waals surface area (Å²) >= 11 is 0. The summed E-state index contributed by atoms with van der Waals surface area (Å²) in [6.07, 6.45) is 0.863. The van der Waals surface area contributed by atoms with Gasteiger partial charge in [0.25, 0.3) is 5.69 Å². The lowest BCUT2D eigenvalue weighted by molar-refractivity contribution is -0.385. The van der Waals surface area contributed by atoms with Gasteiger partial charge in [-0.2, -0.15) is 0 Å². The second-order valence-corrected chi connectivity index (χ2v) is 4.37. The molecule has 2 N–H and O–H groups in total. The molecule has 0 saturated heterocycles. The van der Waals surface area contributed by atoms with E-state index in [0.717, 1.165) is 6.42 Å². The first-order valence-electron chi connectivity index (χ1n) is 5.68. The molecule has 1 aromatic carbocycles. The lowest BCUT2D eigenvalue weighted by atomic mass is 10.1. The number of carboxylic acids is 1. The minimum atomic E-state index is -1.30. The third-order valence-electron chi connectivity index (χ3n) is 2.49. The van der Waals surface area contributed by atoms with Crippen LogP contribution in [0.2, 0.25) is 0 Å². The van der Waals surface area contributed by atoms with Crippen molar-refractivity contribution in [3.63, 3.8) is 0 Å². The van der Waals surface area contributed by atoms with E-state index >= 15 is 0 Å². The summed E-state index contributed by atoms with van der Waals surface area (Å²) < 4.78 is 0. The van der Waals surface area contributed by atoms with E-state index in [4.69, 9.17) is 5.11 Å². The number of nitro groups is 1. The average molecular weight is 252 g/mol. The van der Waals surface area contributed by atoms with E-state index in [1.165, 1.54) is 18.2 Å². The number of carboxylic acid groups (broad SMARTS) is 1.